The first-order valence-corrected chi connectivity index (χ1v) is 15.5. The second kappa shape index (κ2) is 17.3. The third-order valence-electron chi connectivity index (χ3n) is 6.48. The Bertz CT molecular complexity index is 1770. The summed E-state index contributed by atoms with van der Waals surface area (Å²) in [6.45, 7) is 6.71. The zero-order valence-corrected chi connectivity index (χ0v) is 28.8. The summed E-state index contributed by atoms with van der Waals surface area (Å²) in [6.07, 6.45) is 0. The molecule has 0 atom stereocenters. The van der Waals surface area contributed by atoms with Crippen LogP contribution in [-0.4, -0.2) is 58.5 Å². The van der Waals surface area contributed by atoms with Gasteiger partial charge in [0.1, 0.15) is 0 Å². The summed E-state index contributed by atoms with van der Waals surface area (Å²) in [6, 6.07) is 13.2. The van der Waals surface area contributed by atoms with Crippen LogP contribution >= 0.6 is 11.3 Å². The fourth-order valence-corrected chi connectivity index (χ4v) is 4.83. The second-order valence-electron chi connectivity index (χ2n) is 10.6. The molecule has 1 aromatic heterocycles. The number of carbonyl (C=O) groups excluding carboxylic acids is 2. The summed E-state index contributed by atoms with van der Waals surface area (Å²) in [5.41, 5.74) is 35.8. The summed E-state index contributed by atoms with van der Waals surface area (Å²) in [5.74, 6) is -2.41. The van der Waals surface area contributed by atoms with Crippen LogP contribution in [0.2, 0.25) is 0 Å². The monoisotopic (exact) mass is 714 g/mol. The Morgan fingerprint density at radius 3 is 1.00 bits per heavy atom. The predicted octanol–water partition coefficient (Wildman–Crippen LogP) is 1.08. The number of amides is 2. The molecule has 18 N–H and O–H groups in total. The highest BCUT2D eigenvalue weighted by atomic mass is 32.1. The average Bonchev–Trinajstić information content (AvgIpc) is 3.58. The van der Waals surface area contributed by atoms with Crippen molar-refractivity contribution < 1.29 is 9.59 Å². The molecule has 3 aromatic rings. The van der Waals surface area contributed by atoms with Gasteiger partial charge in [-0.25, -0.2) is 21.7 Å². The normalized spacial score (nSPS) is 12.0. The van der Waals surface area contributed by atoms with Crippen LogP contribution < -0.4 is 55.3 Å². The van der Waals surface area contributed by atoms with Crippen molar-refractivity contribution in [3.8, 4) is 0 Å². The van der Waals surface area contributed by atoms with Gasteiger partial charge in [0, 0.05) is 33.6 Å². The number of guanidine groups is 4. The Hall–Kier alpha value is -7.16. The Labute approximate surface area is 295 Å². The molecule has 21 heteroatoms. The van der Waals surface area contributed by atoms with E-state index in [9.17, 15) is 9.59 Å². The standard InChI is InChI=1S/C30H38N18O2S/c1-13(41-45-27(31)32)17-7-18(14(2)42-46-28(33)34)10-21(9-17)39-25(49)23-5-6-24(51-23)26(50)40-22-11-19(15(3)43-47-29(35)36)8-20(12-22)16(4)44-48-30(37)38/h5-12H,1-4H3,(H,39,49)(H,40,50)(H4,31,32,45)(H4,33,34,46)(H4,35,36,47)(H4,37,38,48)/b41-13-,42-14+,43-15-,44-16+. The summed E-state index contributed by atoms with van der Waals surface area (Å²) < 4.78 is 0. The highest BCUT2D eigenvalue weighted by molar-refractivity contribution is 7.16. The number of benzene rings is 2. The van der Waals surface area contributed by atoms with Crippen molar-refractivity contribution in [3.05, 3.63) is 80.5 Å². The molecular formula is C30H38N18O2S. The van der Waals surface area contributed by atoms with Gasteiger partial charge in [-0.05, 0) is 76.2 Å². The molecule has 0 aliphatic heterocycles. The van der Waals surface area contributed by atoms with Gasteiger partial charge in [-0.15, -0.1) is 11.3 Å². The van der Waals surface area contributed by atoms with Crippen molar-refractivity contribution in [2.24, 2.45) is 43.3 Å². The van der Waals surface area contributed by atoms with E-state index in [1.165, 1.54) is 12.1 Å². The number of nitrogens with two attached hydrogens (primary N) is 4. The third kappa shape index (κ3) is 11.8. The van der Waals surface area contributed by atoms with E-state index in [0.29, 0.717) is 56.5 Å². The minimum Gasteiger partial charge on any atom is -0.369 e. The van der Waals surface area contributed by atoms with Crippen molar-refractivity contribution in [1.29, 1.82) is 21.6 Å². The lowest BCUT2D eigenvalue weighted by atomic mass is 10.0. The van der Waals surface area contributed by atoms with Crippen LogP contribution in [0.25, 0.3) is 0 Å². The maximum atomic E-state index is 13.4. The first-order valence-electron chi connectivity index (χ1n) is 14.6. The van der Waals surface area contributed by atoms with Crippen molar-refractivity contribution in [1.82, 2.24) is 21.7 Å². The van der Waals surface area contributed by atoms with Gasteiger partial charge in [0.25, 0.3) is 11.8 Å². The maximum Gasteiger partial charge on any atom is 0.265 e. The Morgan fingerprint density at radius 1 is 0.510 bits per heavy atom. The third-order valence-corrected chi connectivity index (χ3v) is 7.57. The van der Waals surface area contributed by atoms with Crippen LogP contribution in [-0.2, 0) is 0 Å². The van der Waals surface area contributed by atoms with Gasteiger partial charge in [0.05, 0.1) is 32.6 Å². The van der Waals surface area contributed by atoms with Crippen LogP contribution in [0.4, 0.5) is 11.4 Å². The Morgan fingerprint density at radius 2 is 0.765 bits per heavy atom. The number of hydrogen-bond donors (Lipinski definition) is 14. The van der Waals surface area contributed by atoms with Gasteiger partial charge in [-0.3, -0.25) is 31.2 Å². The molecule has 0 bridgehead atoms. The molecular weight excluding hydrogens is 677 g/mol. The van der Waals surface area contributed by atoms with Crippen LogP contribution in [0.5, 0.6) is 0 Å². The first-order chi connectivity index (χ1) is 24.0. The van der Waals surface area contributed by atoms with E-state index in [-0.39, 0.29) is 33.6 Å². The quantitative estimate of drug-likeness (QED) is 0.0719. The summed E-state index contributed by atoms with van der Waals surface area (Å²) in [4.78, 5) is 27.2. The van der Waals surface area contributed by atoms with Crippen molar-refractivity contribution in [2.45, 2.75) is 27.7 Å². The van der Waals surface area contributed by atoms with Crippen LogP contribution in [0.15, 0.2) is 68.9 Å². The van der Waals surface area contributed by atoms with E-state index < -0.39 is 11.8 Å². The van der Waals surface area contributed by atoms with Gasteiger partial charge < -0.3 is 33.6 Å². The molecule has 0 radical (unpaired) electrons. The van der Waals surface area contributed by atoms with E-state index in [4.69, 9.17) is 44.6 Å². The Kier molecular flexibility index (Phi) is 13.0. The molecule has 3 rings (SSSR count). The maximum absolute atomic E-state index is 13.4. The summed E-state index contributed by atoms with van der Waals surface area (Å²) in [7, 11) is 0. The van der Waals surface area contributed by atoms with E-state index >= 15 is 0 Å². The smallest absolute Gasteiger partial charge is 0.265 e. The minimum atomic E-state index is -0.492. The predicted molar refractivity (Wildman–Crippen MR) is 202 cm³/mol. The van der Waals surface area contributed by atoms with Gasteiger partial charge in [-0.1, -0.05) is 0 Å². The molecule has 0 aliphatic carbocycles. The van der Waals surface area contributed by atoms with Crippen molar-refractivity contribution in [2.75, 3.05) is 10.6 Å². The molecule has 2 amide bonds. The number of hydrazone groups is 4. The molecule has 0 unspecified atom stereocenters. The molecule has 0 fully saturated rings. The minimum absolute atomic E-state index is 0.241. The second-order valence-corrected chi connectivity index (χ2v) is 11.6. The largest absolute Gasteiger partial charge is 0.369 e. The molecule has 0 saturated carbocycles. The topological polar surface area (TPSA) is 355 Å². The van der Waals surface area contributed by atoms with Crippen molar-refractivity contribution >= 4 is 81.2 Å². The van der Waals surface area contributed by atoms with E-state index in [0.717, 1.165) is 11.3 Å². The molecule has 0 spiro atoms. The van der Waals surface area contributed by atoms with Gasteiger partial charge >= 0.3 is 0 Å². The van der Waals surface area contributed by atoms with Crippen LogP contribution in [0.3, 0.4) is 0 Å². The molecule has 1 heterocycles. The lowest BCUT2D eigenvalue weighted by Crippen LogP contribution is -2.27. The first kappa shape index (κ1) is 38.3. The van der Waals surface area contributed by atoms with Gasteiger partial charge in [0.2, 0.25) is 23.8 Å². The highest BCUT2D eigenvalue weighted by Crippen LogP contribution is 2.23. The molecule has 51 heavy (non-hydrogen) atoms. The number of carbonyl (C=O) groups is 2. The van der Waals surface area contributed by atoms with E-state index in [2.05, 4.69) is 52.7 Å². The number of nitrogens with zero attached hydrogens (tertiary/aromatic N) is 4. The molecule has 20 nitrogen and oxygen atoms in total. The number of anilines is 2. The number of thiophene rings is 1. The number of hydrogen-bond acceptors (Lipinski definition) is 11. The lowest BCUT2D eigenvalue weighted by Gasteiger charge is -2.12. The van der Waals surface area contributed by atoms with Gasteiger partial charge in [-0.2, -0.15) is 20.4 Å². The highest BCUT2D eigenvalue weighted by Gasteiger charge is 2.17. The zero-order valence-electron chi connectivity index (χ0n) is 27.9. The summed E-state index contributed by atoms with van der Waals surface area (Å²) in [5, 5.41) is 51.4. The molecule has 0 saturated heterocycles. The molecule has 2 aromatic carbocycles. The average molecular weight is 715 g/mol. The SMILES string of the molecule is C/C(=N/NC(=N)N)c1cc(NC(=O)c2ccc(C(=O)Nc3cc(/C(C)=N\NC(=N)N)cc(/C(C)=N/NC(=N)N)c3)s2)cc(/C(C)=N/NC(=N)N)c1. The van der Waals surface area contributed by atoms with E-state index in [1.807, 2.05) is 0 Å². The number of nitrogens with one attached hydrogen (secondary N) is 10. The van der Waals surface area contributed by atoms with Crippen molar-refractivity contribution in [3.63, 3.8) is 0 Å². The number of rotatable bonds is 12. The fourth-order valence-electron chi connectivity index (χ4n) is 4.04. The summed E-state index contributed by atoms with van der Waals surface area (Å²) >= 11 is 0.966. The lowest BCUT2D eigenvalue weighted by molar-refractivity contribution is 0.102. The fraction of sp³-hybridized carbons (Fsp3) is 0.133. The van der Waals surface area contributed by atoms with E-state index in [1.54, 1.807) is 64.1 Å². The molecule has 0 aliphatic rings. The van der Waals surface area contributed by atoms with Crippen LogP contribution in [0.1, 0.15) is 69.3 Å². The zero-order chi connectivity index (χ0) is 37.8. The van der Waals surface area contributed by atoms with Gasteiger partial charge in [0.15, 0.2) is 0 Å². The molecule has 266 valence electrons. The Balaban J connectivity index is 1.90. The van der Waals surface area contributed by atoms with Crippen LogP contribution in [0, 0.1) is 21.6 Å².